The highest BCUT2D eigenvalue weighted by Crippen LogP contribution is 2.37. The number of likely N-dealkylation sites (tertiary alicyclic amines) is 1. The van der Waals surface area contributed by atoms with Gasteiger partial charge in [-0.3, -0.25) is 19.5 Å². The van der Waals surface area contributed by atoms with Crippen molar-refractivity contribution in [3.63, 3.8) is 0 Å². The molecule has 0 N–H and O–H groups in total. The summed E-state index contributed by atoms with van der Waals surface area (Å²) in [5.74, 6) is 1.51. The summed E-state index contributed by atoms with van der Waals surface area (Å²) in [6.07, 6.45) is 5.75. The van der Waals surface area contributed by atoms with Crippen LogP contribution < -0.4 is 0 Å². The molecule has 116 valence electrons. The van der Waals surface area contributed by atoms with E-state index in [9.17, 15) is 9.59 Å². The van der Waals surface area contributed by atoms with Crippen LogP contribution in [-0.2, 0) is 9.59 Å². The van der Waals surface area contributed by atoms with Gasteiger partial charge in [0.25, 0.3) is 5.91 Å². The molecule has 5 heteroatoms. The number of amidine groups is 1. The first kappa shape index (κ1) is 14.5. The van der Waals surface area contributed by atoms with Crippen LogP contribution in [0.3, 0.4) is 0 Å². The maximum Gasteiger partial charge on any atom is 0.257 e. The maximum absolute atomic E-state index is 12.8. The summed E-state index contributed by atoms with van der Waals surface area (Å²) < 4.78 is 0. The molecule has 2 aliphatic heterocycles. The summed E-state index contributed by atoms with van der Waals surface area (Å²) in [6, 6.07) is 0. The standard InChI is InChI=1S/C16H25N3O2/c1-3-5-6-13-17-16(15(21)19(13)4-2)9-10-18(11-16)14(20)12-7-8-12/h12H,3-11H2,1-2H3. The normalized spacial score (nSPS) is 28.7. The Labute approximate surface area is 126 Å². The van der Waals surface area contributed by atoms with Gasteiger partial charge >= 0.3 is 0 Å². The summed E-state index contributed by atoms with van der Waals surface area (Å²) in [5, 5.41) is 0. The number of hydrogen-bond acceptors (Lipinski definition) is 3. The van der Waals surface area contributed by atoms with E-state index in [4.69, 9.17) is 4.99 Å². The van der Waals surface area contributed by atoms with Gasteiger partial charge in [0.15, 0.2) is 5.54 Å². The minimum atomic E-state index is -0.663. The van der Waals surface area contributed by atoms with Gasteiger partial charge in [0.1, 0.15) is 5.84 Å². The molecule has 1 saturated heterocycles. The molecular formula is C16H25N3O2. The number of hydrogen-bond donors (Lipinski definition) is 0. The highest BCUT2D eigenvalue weighted by Gasteiger charge is 2.53. The lowest BCUT2D eigenvalue weighted by molar-refractivity contribution is -0.133. The molecule has 0 aromatic heterocycles. The molecule has 1 aliphatic carbocycles. The van der Waals surface area contributed by atoms with Crippen molar-refractivity contribution in [3.05, 3.63) is 0 Å². The highest BCUT2D eigenvalue weighted by atomic mass is 16.2. The fourth-order valence-corrected chi connectivity index (χ4v) is 3.41. The number of amides is 2. The number of nitrogens with zero attached hydrogens (tertiary/aromatic N) is 3. The van der Waals surface area contributed by atoms with Crippen LogP contribution in [0, 0.1) is 5.92 Å². The number of unbranched alkanes of at least 4 members (excludes halogenated alkanes) is 1. The van der Waals surface area contributed by atoms with Crippen molar-refractivity contribution in [2.45, 2.75) is 57.9 Å². The summed E-state index contributed by atoms with van der Waals surface area (Å²) >= 11 is 0. The minimum absolute atomic E-state index is 0.113. The van der Waals surface area contributed by atoms with Crippen LogP contribution in [0.2, 0.25) is 0 Å². The zero-order valence-electron chi connectivity index (χ0n) is 13.1. The first-order valence-electron chi connectivity index (χ1n) is 8.31. The van der Waals surface area contributed by atoms with Crippen LogP contribution in [0.1, 0.15) is 52.4 Å². The third kappa shape index (κ3) is 2.47. The van der Waals surface area contributed by atoms with E-state index in [1.807, 2.05) is 16.7 Å². The fraction of sp³-hybridized carbons (Fsp3) is 0.812. The molecule has 1 atom stereocenters. The van der Waals surface area contributed by atoms with Gasteiger partial charge in [-0.05, 0) is 26.2 Å². The van der Waals surface area contributed by atoms with Crippen LogP contribution in [0.5, 0.6) is 0 Å². The quantitative estimate of drug-likeness (QED) is 0.776. The average Bonchev–Trinajstić information content (AvgIpc) is 3.19. The van der Waals surface area contributed by atoms with E-state index in [1.54, 1.807) is 0 Å². The van der Waals surface area contributed by atoms with E-state index in [-0.39, 0.29) is 17.7 Å². The lowest BCUT2D eigenvalue weighted by Gasteiger charge is -2.22. The van der Waals surface area contributed by atoms with Gasteiger partial charge < -0.3 is 4.90 Å². The topological polar surface area (TPSA) is 53.0 Å². The molecule has 2 fully saturated rings. The molecule has 0 bridgehead atoms. The summed E-state index contributed by atoms with van der Waals surface area (Å²) in [4.78, 5) is 33.5. The third-order valence-electron chi connectivity index (χ3n) is 4.85. The van der Waals surface area contributed by atoms with Gasteiger partial charge in [0, 0.05) is 31.8 Å². The molecule has 21 heavy (non-hydrogen) atoms. The predicted molar refractivity (Wildman–Crippen MR) is 81.0 cm³/mol. The van der Waals surface area contributed by atoms with Gasteiger partial charge in [0.05, 0.1) is 6.54 Å². The van der Waals surface area contributed by atoms with Gasteiger partial charge in [-0.15, -0.1) is 0 Å². The average molecular weight is 291 g/mol. The number of rotatable bonds is 5. The first-order valence-corrected chi connectivity index (χ1v) is 8.31. The lowest BCUT2D eigenvalue weighted by Crippen LogP contribution is -2.45. The van der Waals surface area contributed by atoms with Gasteiger partial charge in [0.2, 0.25) is 5.91 Å². The smallest absolute Gasteiger partial charge is 0.257 e. The summed E-state index contributed by atoms with van der Waals surface area (Å²) in [5.41, 5.74) is -0.663. The molecule has 5 nitrogen and oxygen atoms in total. The molecule has 0 aromatic carbocycles. The number of aliphatic imine (C=N–C) groups is 1. The second kappa shape index (κ2) is 5.43. The highest BCUT2D eigenvalue weighted by molar-refractivity contribution is 6.08. The monoisotopic (exact) mass is 291 g/mol. The zero-order valence-corrected chi connectivity index (χ0v) is 13.1. The Kier molecular flexibility index (Phi) is 3.76. The van der Waals surface area contributed by atoms with E-state index in [2.05, 4.69) is 6.92 Å². The Hall–Kier alpha value is -1.39. The fourth-order valence-electron chi connectivity index (χ4n) is 3.41. The second-order valence-electron chi connectivity index (χ2n) is 6.50. The van der Waals surface area contributed by atoms with Gasteiger partial charge in [-0.2, -0.15) is 0 Å². The molecule has 1 spiro atoms. The third-order valence-corrected chi connectivity index (χ3v) is 4.85. The molecule has 1 unspecified atom stereocenters. The molecule has 3 aliphatic rings. The number of carbonyl (C=O) groups excluding carboxylic acids is 2. The molecule has 0 aromatic rings. The van der Waals surface area contributed by atoms with E-state index in [1.165, 1.54) is 0 Å². The van der Waals surface area contributed by atoms with E-state index < -0.39 is 5.54 Å². The zero-order chi connectivity index (χ0) is 15.0. The molecule has 1 saturated carbocycles. The maximum atomic E-state index is 12.8. The predicted octanol–water partition coefficient (Wildman–Crippen LogP) is 1.82. The van der Waals surface area contributed by atoms with Crippen LogP contribution in [-0.4, -0.2) is 52.6 Å². The summed E-state index contributed by atoms with van der Waals surface area (Å²) in [6.45, 7) is 6.01. The lowest BCUT2D eigenvalue weighted by atomic mass is 9.99. The second-order valence-corrected chi connectivity index (χ2v) is 6.50. The number of carbonyl (C=O) groups is 2. The van der Waals surface area contributed by atoms with Crippen molar-refractivity contribution < 1.29 is 9.59 Å². The van der Waals surface area contributed by atoms with Crippen molar-refractivity contribution in [2.75, 3.05) is 19.6 Å². The molecule has 2 amide bonds. The Bertz CT molecular complexity index is 484. The van der Waals surface area contributed by atoms with Crippen molar-refractivity contribution >= 4 is 17.6 Å². The minimum Gasteiger partial charge on any atom is -0.339 e. The van der Waals surface area contributed by atoms with E-state index in [0.717, 1.165) is 37.9 Å². The van der Waals surface area contributed by atoms with Crippen LogP contribution >= 0.6 is 0 Å². The largest absolute Gasteiger partial charge is 0.339 e. The summed E-state index contributed by atoms with van der Waals surface area (Å²) in [7, 11) is 0. The first-order chi connectivity index (χ1) is 10.1. The van der Waals surface area contributed by atoms with Gasteiger partial charge in [-0.25, -0.2) is 0 Å². The van der Waals surface area contributed by atoms with Crippen molar-refractivity contribution in [2.24, 2.45) is 10.9 Å². The van der Waals surface area contributed by atoms with Crippen molar-refractivity contribution in [1.82, 2.24) is 9.80 Å². The van der Waals surface area contributed by atoms with Crippen LogP contribution in [0.4, 0.5) is 0 Å². The van der Waals surface area contributed by atoms with E-state index in [0.29, 0.717) is 26.1 Å². The van der Waals surface area contributed by atoms with Crippen molar-refractivity contribution in [1.29, 1.82) is 0 Å². The molecule has 3 rings (SSSR count). The van der Waals surface area contributed by atoms with Crippen LogP contribution in [0.25, 0.3) is 0 Å². The molecule has 0 radical (unpaired) electrons. The van der Waals surface area contributed by atoms with Crippen LogP contribution in [0.15, 0.2) is 4.99 Å². The van der Waals surface area contributed by atoms with E-state index >= 15 is 0 Å². The Morgan fingerprint density at radius 1 is 1.38 bits per heavy atom. The SMILES string of the molecule is CCCCC1=NC2(CCN(C(=O)C3CC3)C2)C(=O)N1CC. The van der Waals surface area contributed by atoms with Crippen molar-refractivity contribution in [3.8, 4) is 0 Å². The Morgan fingerprint density at radius 2 is 2.14 bits per heavy atom. The number of likely N-dealkylation sites (N-methyl/N-ethyl adjacent to an activating group) is 1. The molecule has 2 heterocycles. The van der Waals surface area contributed by atoms with Gasteiger partial charge in [-0.1, -0.05) is 13.3 Å². The Morgan fingerprint density at radius 3 is 2.76 bits per heavy atom. The molecular weight excluding hydrogens is 266 g/mol. The Balaban J connectivity index is 1.76.